The maximum atomic E-state index is 15.4. The standard InChI is InChI=1S/C54H63N3O9/c1-6-31-63-42-26-27-48-46(34-42)51-44(20-11-13-30-59)39(16-10-12-29-58)33-45-47(55-66-53(3,4)5)35-49(54(65-48,52(45)51)64-32-7-2)56(36-40-18-14-17-38-15-8-9-19-43(38)40)50(60)28-23-37-21-24-41(25-22-37)57(61)62/h6-9,14-15,17-19,21-28,33-34,39,44,49,51-52,58-59H,1-2,10-13,16,20,29-32,35-36H2,3-5H3/t39-,44+,49-,51+,52+,54+/m0/s1. The summed E-state index contributed by atoms with van der Waals surface area (Å²) in [5.74, 6) is -1.21. The van der Waals surface area contributed by atoms with E-state index in [0.717, 1.165) is 53.2 Å². The second-order valence-electron chi connectivity index (χ2n) is 18.4. The summed E-state index contributed by atoms with van der Waals surface area (Å²) in [5.41, 5.74) is 3.42. The molecule has 0 aromatic heterocycles. The molecule has 1 saturated carbocycles. The van der Waals surface area contributed by atoms with Crippen molar-refractivity contribution in [2.24, 2.45) is 22.9 Å². The number of hydrogen-bond acceptors (Lipinski definition) is 10. The number of hydrogen-bond donors (Lipinski definition) is 2. The summed E-state index contributed by atoms with van der Waals surface area (Å²) in [5, 5.41) is 38.4. The number of nitro benzene ring substituents is 1. The van der Waals surface area contributed by atoms with Crippen LogP contribution in [0, 0.1) is 27.9 Å². The van der Waals surface area contributed by atoms with E-state index in [1.54, 1.807) is 30.4 Å². The van der Waals surface area contributed by atoms with Crippen molar-refractivity contribution >= 4 is 34.2 Å². The fourth-order valence-corrected chi connectivity index (χ4v) is 10.0. The molecule has 1 amide bonds. The van der Waals surface area contributed by atoms with Crippen LogP contribution in [0.3, 0.4) is 0 Å². The van der Waals surface area contributed by atoms with E-state index in [4.69, 9.17) is 24.2 Å². The number of aliphatic hydroxyl groups excluding tert-OH is 2. The van der Waals surface area contributed by atoms with E-state index in [-0.39, 0.29) is 62.1 Å². The number of carbonyl (C=O) groups is 1. The molecule has 2 N–H and O–H groups in total. The number of aliphatic hydroxyl groups is 2. The predicted octanol–water partition coefficient (Wildman–Crippen LogP) is 10.5. The molecule has 0 unspecified atom stereocenters. The highest BCUT2D eigenvalue weighted by Crippen LogP contribution is 2.62. The van der Waals surface area contributed by atoms with Crippen LogP contribution in [0.5, 0.6) is 11.5 Å². The van der Waals surface area contributed by atoms with Gasteiger partial charge in [0.1, 0.15) is 29.7 Å². The van der Waals surface area contributed by atoms with E-state index >= 15 is 4.79 Å². The van der Waals surface area contributed by atoms with Crippen molar-refractivity contribution in [3.63, 3.8) is 0 Å². The van der Waals surface area contributed by atoms with E-state index in [1.165, 1.54) is 18.2 Å². The van der Waals surface area contributed by atoms with E-state index in [2.05, 4.69) is 43.5 Å². The molecular formula is C54H63N3O9. The summed E-state index contributed by atoms with van der Waals surface area (Å²) >= 11 is 0. The fraction of sp³-hybridized carbons (Fsp3) is 0.407. The minimum absolute atomic E-state index is 0.0285. The highest BCUT2D eigenvalue weighted by Gasteiger charge is 2.65. The van der Waals surface area contributed by atoms with Gasteiger partial charge < -0.3 is 34.2 Å². The lowest BCUT2D eigenvalue weighted by Gasteiger charge is -2.60. The number of allylic oxidation sites excluding steroid dienone is 1. The first kappa shape index (κ1) is 47.9. The number of nitrogens with zero attached hydrogens (tertiary/aromatic N) is 3. The Morgan fingerprint density at radius 3 is 2.39 bits per heavy atom. The van der Waals surface area contributed by atoms with Crippen molar-refractivity contribution in [2.45, 2.75) is 95.6 Å². The predicted molar refractivity (Wildman–Crippen MR) is 258 cm³/mol. The van der Waals surface area contributed by atoms with Gasteiger partial charge in [0.15, 0.2) is 0 Å². The maximum absolute atomic E-state index is 15.4. The van der Waals surface area contributed by atoms with Crippen molar-refractivity contribution in [1.29, 1.82) is 0 Å². The third-order valence-electron chi connectivity index (χ3n) is 12.8. The van der Waals surface area contributed by atoms with Crippen LogP contribution >= 0.6 is 0 Å². The van der Waals surface area contributed by atoms with Crippen LogP contribution in [-0.2, 0) is 20.9 Å². The van der Waals surface area contributed by atoms with Crippen LogP contribution in [0.1, 0.15) is 88.3 Å². The Morgan fingerprint density at radius 1 is 0.955 bits per heavy atom. The number of ether oxygens (including phenoxy) is 3. The number of benzene rings is 4. The molecule has 12 heteroatoms. The third kappa shape index (κ3) is 10.6. The Bertz CT molecular complexity index is 2450. The Labute approximate surface area is 388 Å². The molecule has 2 aliphatic carbocycles. The van der Waals surface area contributed by atoms with E-state index < -0.39 is 28.3 Å². The molecule has 66 heavy (non-hydrogen) atoms. The lowest BCUT2D eigenvalue weighted by molar-refractivity contribution is -0.384. The van der Waals surface area contributed by atoms with E-state index in [0.29, 0.717) is 42.2 Å². The lowest BCUT2D eigenvalue weighted by Crippen LogP contribution is -2.70. The fourth-order valence-electron chi connectivity index (χ4n) is 10.0. The molecule has 4 aromatic carbocycles. The maximum Gasteiger partial charge on any atom is 0.269 e. The number of oxime groups is 1. The van der Waals surface area contributed by atoms with Crippen LogP contribution in [0.2, 0.25) is 0 Å². The van der Waals surface area contributed by atoms with Crippen molar-refractivity contribution < 1.29 is 39.0 Å². The number of nitro groups is 1. The average molecular weight is 898 g/mol. The summed E-state index contributed by atoms with van der Waals surface area (Å²) < 4.78 is 20.8. The first-order valence-corrected chi connectivity index (χ1v) is 23.1. The Kier molecular flexibility index (Phi) is 15.6. The first-order valence-electron chi connectivity index (χ1n) is 23.1. The average Bonchev–Trinajstić information content (AvgIpc) is 3.31. The summed E-state index contributed by atoms with van der Waals surface area (Å²) in [4.78, 5) is 34.5. The lowest BCUT2D eigenvalue weighted by atomic mass is 9.55. The first-order chi connectivity index (χ1) is 31.9. The molecular weight excluding hydrogens is 835 g/mol. The van der Waals surface area contributed by atoms with Gasteiger partial charge in [-0.25, -0.2) is 0 Å². The zero-order valence-electron chi connectivity index (χ0n) is 38.3. The minimum Gasteiger partial charge on any atom is -0.490 e. The van der Waals surface area contributed by atoms with E-state index in [9.17, 15) is 20.3 Å². The molecule has 12 nitrogen and oxygen atoms in total. The molecule has 1 fully saturated rings. The van der Waals surface area contributed by atoms with Gasteiger partial charge in [0.2, 0.25) is 11.7 Å². The number of carbonyl (C=O) groups excluding carboxylic acids is 1. The zero-order valence-corrected chi connectivity index (χ0v) is 38.3. The smallest absolute Gasteiger partial charge is 0.269 e. The topological polar surface area (TPSA) is 153 Å². The minimum atomic E-state index is -1.49. The molecule has 0 radical (unpaired) electrons. The highest BCUT2D eigenvalue weighted by molar-refractivity contribution is 6.03. The quantitative estimate of drug-likeness (QED) is 0.0274. The van der Waals surface area contributed by atoms with Crippen LogP contribution in [0.4, 0.5) is 5.69 Å². The van der Waals surface area contributed by atoms with Crippen LogP contribution in [0.25, 0.3) is 16.8 Å². The molecule has 0 spiro atoms. The monoisotopic (exact) mass is 897 g/mol. The molecule has 1 heterocycles. The third-order valence-corrected chi connectivity index (χ3v) is 12.8. The number of non-ortho nitro benzene ring substituents is 1. The van der Waals surface area contributed by atoms with Gasteiger partial charge in [-0.1, -0.05) is 85.3 Å². The molecule has 3 aliphatic rings. The molecule has 0 saturated heterocycles. The van der Waals surface area contributed by atoms with Gasteiger partial charge in [0, 0.05) is 55.9 Å². The normalized spacial score (nSPS) is 22.8. The van der Waals surface area contributed by atoms with Gasteiger partial charge in [0.25, 0.3) is 5.69 Å². The number of unbranched alkanes of at least 4 members (excludes halogenated alkanes) is 2. The van der Waals surface area contributed by atoms with Gasteiger partial charge in [-0.15, -0.1) is 6.58 Å². The second-order valence-corrected chi connectivity index (χ2v) is 18.4. The van der Waals surface area contributed by atoms with Gasteiger partial charge in [-0.2, -0.15) is 0 Å². The summed E-state index contributed by atoms with van der Waals surface area (Å²) in [7, 11) is 0. The number of rotatable bonds is 21. The number of amides is 1. The molecule has 1 aliphatic heterocycles. The summed E-state index contributed by atoms with van der Waals surface area (Å²) in [6, 6.07) is 25.3. The van der Waals surface area contributed by atoms with Crippen LogP contribution < -0.4 is 9.47 Å². The Balaban J connectivity index is 1.49. The molecule has 348 valence electrons. The zero-order chi connectivity index (χ0) is 46.8. The number of fused-ring (bicyclic) bond motifs is 3. The van der Waals surface area contributed by atoms with Crippen molar-refractivity contribution in [1.82, 2.24) is 4.90 Å². The van der Waals surface area contributed by atoms with E-state index in [1.807, 2.05) is 62.1 Å². The Morgan fingerprint density at radius 2 is 1.68 bits per heavy atom. The van der Waals surface area contributed by atoms with Gasteiger partial charge in [-0.3, -0.25) is 14.9 Å². The largest absolute Gasteiger partial charge is 0.490 e. The molecule has 6 atom stereocenters. The SMILES string of the molecule is C=CCOc1ccc2c(c1)[C@H]1[C@H](CCCCO)[C@@H](CCCCO)C=C3C(=NOC(C)(C)C)C[C@H](N(Cc4cccc5ccccc45)C(=O)C=Cc4ccc([N+](=O)[O-])cc4)[C@@](OCC=C)(O2)[C@H]31. The molecule has 4 aromatic rings. The summed E-state index contributed by atoms with van der Waals surface area (Å²) in [6.07, 6.45) is 13.6. The second kappa shape index (κ2) is 21.5. The molecule has 0 bridgehead atoms. The Hall–Kier alpha value is -6.08. The van der Waals surface area contributed by atoms with Gasteiger partial charge in [0.05, 0.1) is 23.2 Å². The van der Waals surface area contributed by atoms with Crippen molar-refractivity contribution in [3.8, 4) is 11.5 Å². The van der Waals surface area contributed by atoms with Crippen LogP contribution in [-0.4, -0.2) is 75.5 Å². The summed E-state index contributed by atoms with van der Waals surface area (Å²) in [6.45, 7) is 14.6. The van der Waals surface area contributed by atoms with Gasteiger partial charge >= 0.3 is 0 Å². The van der Waals surface area contributed by atoms with Crippen LogP contribution in [0.15, 0.2) is 133 Å². The van der Waals surface area contributed by atoms with Crippen molar-refractivity contribution in [2.75, 3.05) is 26.4 Å². The molecule has 7 rings (SSSR count). The van der Waals surface area contributed by atoms with Gasteiger partial charge in [-0.05, 0) is 122 Å². The van der Waals surface area contributed by atoms with Crippen molar-refractivity contribution in [3.05, 3.63) is 155 Å². The highest BCUT2D eigenvalue weighted by atomic mass is 16.7.